The predicted octanol–water partition coefficient (Wildman–Crippen LogP) is 2.66. The number of rotatable bonds is 4. The van der Waals surface area contributed by atoms with Crippen LogP contribution in [-0.4, -0.2) is 30.4 Å². The number of amides is 1. The Balaban J connectivity index is 1.60. The van der Waals surface area contributed by atoms with E-state index in [9.17, 15) is 9.18 Å². The number of carbonyl (C=O) groups excluding carboxylic acids is 1. The van der Waals surface area contributed by atoms with Crippen LogP contribution >= 0.6 is 0 Å². The summed E-state index contributed by atoms with van der Waals surface area (Å²) in [4.78, 5) is 14.2. The fourth-order valence-electron chi connectivity index (χ4n) is 3.29. The molecular formula is C17H23FN2O. The van der Waals surface area contributed by atoms with Gasteiger partial charge in [-0.2, -0.15) is 0 Å². The van der Waals surface area contributed by atoms with Gasteiger partial charge in [-0.1, -0.05) is 25.1 Å². The van der Waals surface area contributed by atoms with Crippen LogP contribution in [0.15, 0.2) is 24.3 Å². The highest BCUT2D eigenvalue weighted by Gasteiger charge is 2.46. The van der Waals surface area contributed by atoms with Gasteiger partial charge >= 0.3 is 0 Å². The lowest BCUT2D eigenvalue weighted by atomic mass is 10.00. The van der Waals surface area contributed by atoms with Crippen molar-refractivity contribution < 1.29 is 9.18 Å². The average molecular weight is 290 g/mol. The third kappa shape index (κ3) is 3.10. The molecule has 0 aromatic heterocycles. The lowest BCUT2D eigenvalue weighted by Gasteiger charge is -2.31. The van der Waals surface area contributed by atoms with Gasteiger partial charge in [-0.15, -0.1) is 0 Å². The topological polar surface area (TPSA) is 32.3 Å². The summed E-state index contributed by atoms with van der Waals surface area (Å²) in [6.45, 7) is 4.21. The van der Waals surface area contributed by atoms with Crippen LogP contribution < -0.4 is 5.32 Å². The molecule has 1 heterocycles. The van der Waals surface area contributed by atoms with Crippen molar-refractivity contribution in [3.05, 3.63) is 35.6 Å². The number of benzene rings is 1. The number of carbonyl (C=O) groups is 1. The standard InChI is InChI=1S/C17H23FN2O/c1-13-5-4-10-20(12-13)16(21)11-19-17(8-9-17)14-6-2-3-7-15(14)18/h2-3,6-7,13,19H,4-5,8-12H2,1H3/t13-/m1/s1. The Hall–Kier alpha value is -1.42. The summed E-state index contributed by atoms with van der Waals surface area (Å²) in [6.07, 6.45) is 4.09. The van der Waals surface area contributed by atoms with Gasteiger partial charge in [-0.3, -0.25) is 10.1 Å². The van der Waals surface area contributed by atoms with Crippen molar-refractivity contribution in [2.24, 2.45) is 5.92 Å². The highest BCUT2D eigenvalue weighted by molar-refractivity contribution is 5.78. The van der Waals surface area contributed by atoms with E-state index in [1.807, 2.05) is 17.0 Å². The zero-order valence-electron chi connectivity index (χ0n) is 12.6. The Morgan fingerprint density at radius 3 is 2.86 bits per heavy atom. The highest BCUT2D eigenvalue weighted by atomic mass is 19.1. The van der Waals surface area contributed by atoms with E-state index in [1.54, 1.807) is 6.07 Å². The number of piperidine rings is 1. The van der Waals surface area contributed by atoms with Crippen LogP contribution in [-0.2, 0) is 10.3 Å². The van der Waals surface area contributed by atoms with Crippen molar-refractivity contribution in [2.75, 3.05) is 19.6 Å². The second-order valence-electron chi connectivity index (χ2n) is 6.50. The molecule has 0 bridgehead atoms. The monoisotopic (exact) mass is 290 g/mol. The largest absolute Gasteiger partial charge is 0.341 e. The van der Waals surface area contributed by atoms with E-state index >= 15 is 0 Å². The molecule has 0 unspecified atom stereocenters. The smallest absolute Gasteiger partial charge is 0.236 e. The molecule has 1 aliphatic carbocycles. The van der Waals surface area contributed by atoms with Crippen molar-refractivity contribution in [3.8, 4) is 0 Å². The molecule has 1 saturated heterocycles. The number of halogens is 1. The number of hydrogen-bond donors (Lipinski definition) is 1. The zero-order chi connectivity index (χ0) is 14.9. The molecular weight excluding hydrogens is 267 g/mol. The third-order valence-electron chi connectivity index (χ3n) is 4.73. The normalized spacial score (nSPS) is 23.9. The quantitative estimate of drug-likeness (QED) is 0.924. The first-order valence-corrected chi connectivity index (χ1v) is 7.88. The van der Waals surface area contributed by atoms with Crippen LogP contribution in [0.5, 0.6) is 0 Å². The molecule has 1 amide bonds. The summed E-state index contributed by atoms with van der Waals surface area (Å²) in [5.74, 6) is 0.551. The molecule has 0 radical (unpaired) electrons. The summed E-state index contributed by atoms with van der Waals surface area (Å²) in [5.41, 5.74) is 0.382. The molecule has 1 saturated carbocycles. The second kappa shape index (κ2) is 5.76. The van der Waals surface area contributed by atoms with Crippen LogP contribution in [0.1, 0.15) is 38.2 Å². The Morgan fingerprint density at radius 2 is 2.19 bits per heavy atom. The van der Waals surface area contributed by atoms with Crippen molar-refractivity contribution in [1.82, 2.24) is 10.2 Å². The maximum absolute atomic E-state index is 13.9. The molecule has 0 spiro atoms. The van der Waals surface area contributed by atoms with E-state index in [4.69, 9.17) is 0 Å². The van der Waals surface area contributed by atoms with Crippen molar-refractivity contribution in [3.63, 3.8) is 0 Å². The molecule has 3 rings (SSSR count). The summed E-state index contributed by atoms with van der Waals surface area (Å²) >= 11 is 0. The van der Waals surface area contributed by atoms with Crippen LogP contribution in [0.4, 0.5) is 4.39 Å². The van der Waals surface area contributed by atoms with E-state index in [0.717, 1.165) is 32.4 Å². The summed E-state index contributed by atoms with van der Waals surface area (Å²) < 4.78 is 13.9. The molecule has 2 aliphatic rings. The molecule has 21 heavy (non-hydrogen) atoms. The minimum atomic E-state index is -0.317. The molecule has 2 fully saturated rings. The maximum atomic E-state index is 13.9. The molecule has 4 heteroatoms. The van der Waals surface area contributed by atoms with E-state index < -0.39 is 0 Å². The van der Waals surface area contributed by atoms with Gasteiger partial charge in [0.15, 0.2) is 0 Å². The van der Waals surface area contributed by atoms with Gasteiger partial charge in [0.05, 0.1) is 6.54 Å². The first-order valence-electron chi connectivity index (χ1n) is 7.88. The summed E-state index contributed by atoms with van der Waals surface area (Å²) in [7, 11) is 0. The number of nitrogens with one attached hydrogen (secondary N) is 1. The number of likely N-dealkylation sites (tertiary alicyclic amines) is 1. The Labute approximate surface area is 125 Å². The first kappa shape index (κ1) is 14.5. The molecule has 1 atom stereocenters. The van der Waals surface area contributed by atoms with Gasteiger partial charge in [-0.05, 0) is 37.7 Å². The van der Waals surface area contributed by atoms with E-state index in [0.29, 0.717) is 18.0 Å². The highest BCUT2D eigenvalue weighted by Crippen LogP contribution is 2.46. The van der Waals surface area contributed by atoms with Crippen LogP contribution in [0.3, 0.4) is 0 Å². The second-order valence-corrected chi connectivity index (χ2v) is 6.50. The predicted molar refractivity (Wildman–Crippen MR) is 80.3 cm³/mol. The van der Waals surface area contributed by atoms with Crippen LogP contribution in [0, 0.1) is 11.7 Å². The zero-order valence-corrected chi connectivity index (χ0v) is 12.6. The minimum Gasteiger partial charge on any atom is -0.341 e. The van der Waals surface area contributed by atoms with Crippen molar-refractivity contribution in [1.29, 1.82) is 0 Å². The Bertz CT molecular complexity index is 527. The van der Waals surface area contributed by atoms with Gasteiger partial charge in [0.1, 0.15) is 5.82 Å². The van der Waals surface area contributed by atoms with Crippen molar-refractivity contribution in [2.45, 2.75) is 38.1 Å². The molecule has 1 aromatic rings. The van der Waals surface area contributed by atoms with E-state index in [1.165, 1.54) is 12.5 Å². The Morgan fingerprint density at radius 1 is 1.43 bits per heavy atom. The van der Waals surface area contributed by atoms with Gasteiger partial charge in [0.2, 0.25) is 5.91 Å². The fourth-order valence-corrected chi connectivity index (χ4v) is 3.29. The van der Waals surface area contributed by atoms with Gasteiger partial charge in [-0.25, -0.2) is 4.39 Å². The van der Waals surface area contributed by atoms with Gasteiger partial charge < -0.3 is 4.90 Å². The fraction of sp³-hybridized carbons (Fsp3) is 0.588. The Kier molecular flexibility index (Phi) is 3.98. The van der Waals surface area contributed by atoms with Crippen molar-refractivity contribution >= 4 is 5.91 Å². The van der Waals surface area contributed by atoms with Gasteiger partial charge in [0, 0.05) is 24.2 Å². The molecule has 1 aliphatic heterocycles. The molecule has 1 N–H and O–H groups in total. The number of nitrogens with zero attached hydrogens (tertiary/aromatic N) is 1. The summed E-state index contributed by atoms with van der Waals surface area (Å²) in [6, 6.07) is 6.87. The van der Waals surface area contributed by atoms with E-state index in [-0.39, 0.29) is 17.3 Å². The molecule has 114 valence electrons. The SMILES string of the molecule is C[C@@H]1CCCN(C(=O)CNC2(c3ccccc3F)CC2)C1. The average Bonchev–Trinajstić information content (AvgIpc) is 3.26. The van der Waals surface area contributed by atoms with Crippen LogP contribution in [0.25, 0.3) is 0 Å². The molecule has 1 aromatic carbocycles. The third-order valence-corrected chi connectivity index (χ3v) is 4.73. The lowest BCUT2D eigenvalue weighted by molar-refractivity contribution is -0.132. The van der Waals surface area contributed by atoms with Crippen LogP contribution in [0.2, 0.25) is 0 Å². The first-order chi connectivity index (χ1) is 10.1. The lowest BCUT2D eigenvalue weighted by Crippen LogP contribution is -2.45. The molecule has 3 nitrogen and oxygen atoms in total. The maximum Gasteiger partial charge on any atom is 0.236 e. The van der Waals surface area contributed by atoms with E-state index in [2.05, 4.69) is 12.2 Å². The van der Waals surface area contributed by atoms with Gasteiger partial charge in [0.25, 0.3) is 0 Å². The number of hydrogen-bond acceptors (Lipinski definition) is 2. The summed E-state index contributed by atoms with van der Waals surface area (Å²) in [5, 5.41) is 3.31. The minimum absolute atomic E-state index is 0.143.